The van der Waals surface area contributed by atoms with Crippen molar-refractivity contribution in [3.8, 4) is 11.8 Å². The molecule has 38 heavy (non-hydrogen) atoms. The van der Waals surface area contributed by atoms with Crippen LogP contribution in [0.3, 0.4) is 0 Å². The number of likely N-dealkylation sites (tertiary alicyclic amines) is 1. The van der Waals surface area contributed by atoms with Crippen LogP contribution in [0.25, 0.3) is 11.7 Å². The molecule has 1 saturated heterocycles. The van der Waals surface area contributed by atoms with Crippen LogP contribution in [0.5, 0.6) is 0 Å². The van der Waals surface area contributed by atoms with Gasteiger partial charge in [0.1, 0.15) is 5.65 Å². The molecular weight excluding hydrogens is 468 g/mol. The van der Waals surface area contributed by atoms with E-state index in [2.05, 4.69) is 81.4 Å². The molecule has 192 valence electrons. The summed E-state index contributed by atoms with van der Waals surface area (Å²) < 4.78 is 2.15. The van der Waals surface area contributed by atoms with Gasteiger partial charge in [0.2, 0.25) is 0 Å². The summed E-state index contributed by atoms with van der Waals surface area (Å²) in [6.45, 7) is 11.8. The number of imidazole rings is 1. The molecule has 0 spiro atoms. The third-order valence-corrected chi connectivity index (χ3v) is 7.11. The molecular formula is C32H34N6. The summed E-state index contributed by atoms with van der Waals surface area (Å²) in [5, 5.41) is 3.04. The largest absolute Gasteiger partial charge is 0.368 e. The molecule has 0 aliphatic carbocycles. The van der Waals surface area contributed by atoms with Crippen LogP contribution >= 0.6 is 0 Å². The van der Waals surface area contributed by atoms with Gasteiger partial charge in [-0.1, -0.05) is 38.3 Å². The van der Waals surface area contributed by atoms with Crippen LogP contribution in [0.1, 0.15) is 60.2 Å². The Bertz CT molecular complexity index is 1490. The molecule has 6 nitrogen and oxygen atoms in total. The minimum atomic E-state index is 0.465. The first-order chi connectivity index (χ1) is 18.5. The summed E-state index contributed by atoms with van der Waals surface area (Å²) in [4.78, 5) is 16.0. The van der Waals surface area contributed by atoms with Crippen molar-refractivity contribution in [2.24, 2.45) is 5.41 Å². The van der Waals surface area contributed by atoms with Gasteiger partial charge in [0.15, 0.2) is 0 Å². The first-order valence-electron chi connectivity index (χ1n) is 13.1. The normalized spacial score (nSPS) is 15.3. The number of pyridine rings is 3. The van der Waals surface area contributed by atoms with Gasteiger partial charge in [0.05, 0.1) is 11.3 Å². The molecule has 0 unspecified atom stereocenters. The van der Waals surface area contributed by atoms with Crippen LogP contribution in [0.2, 0.25) is 0 Å². The Balaban J connectivity index is 1.38. The van der Waals surface area contributed by atoms with E-state index >= 15 is 0 Å². The molecule has 1 aliphatic rings. The minimum Gasteiger partial charge on any atom is -0.368 e. The molecule has 6 heteroatoms. The zero-order valence-electron chi connectivity index (χ0n) is 22.2. The summed E-state index contributed by atoms with van der Waals surface area (Å²) in [6, 6.07) is 8.13. The van der Waals surface area contributed by atoms with E-state index < -0.39 is 0 Å². The second-order valence-corrected chi connectivity index (χ2v) is 10.6. The lowest BCUT2D eigenvalue weighted by molar-refractivity contribution is 0.127. The molecule has 1 aliphatic heterocycles. The summed E-state index contributed by atoms with van der Waals surface area (Å²) in [7, 11) is 0. The van der Waals surface area contributed by atoms with E-state index in [0.717, 1.165) is 53.2 Å². The molecule has 0 radical (unpaired) electrons. The van der Waals surface area contributed by atoms with Crippen molar-refractivity contribution in [3.05, 3.63) is 114 Å². The van der Waals surface area contributed by atoms with Gasteiger partial charge >= 0.3 is 0 Å². The van der Waals surface area contributed by atoms with Crippen molar-refractivity contribution < 1.29 is 0 Å². The zero-order valence-corrected chi connectivity index (χ0v) is 22.2. The van der Waals surface area contributed by atoms with Crippen LogP contribution in [0.15, 0.2) is 80.4 Å². The highest BCUT2D eigenvalue weighted by Crippen LogP contribution is 2.30. The fourth-order valence-electron chi connectivity index (χ4n) is 4.76. The summed E-state index contributed by atoms with van der Waals surface area (Å²) in [5.41, 5.74) is 7.58. The molecule has 0 saturated carbocycles. The third-order valence-electron chi connectivity index (χ3n) is 7.11. The topological polar surface area (TPSA) is 58.4 Å². The van der Waals surface area contributed by atoms with Gasteiger partial charge in [-0.15, -0.1) is 0 Å². The summed E-state index contributed by atoms with van der Waals surface area (Å²) >= 11 is 0. The first-order valence-corrected chi connectivity index (χ1v) is 13.1. The lowest BCUT2D eigenvalue weighted by Crippen LogP contribution is -2.36. The van der Waals surface area contributed by atoms with Gasteiger partial charge in [0.25, 0.3) is 0 Å². The Morgan fingerprint density at radius 1 is 1.03 bits per heavy atom. The predicted octanol–water partition coefficient (Wildman–Crippen LogP) is 5.44. The van der Waals surface area contributed by atoms with Crippen LogP contribution in [-0.2, 0) is 13.0 Å². The molecule has 5 rings (SSSR count). The molecule has 5 heterocycles. The van der Waals surface area contributed by atoms with E-state index in [1.54, 1.807) is 18.6 Å². The highest BCUT2D eigenvalue weighted by atomic mass is 15.1. The van der Waals surface area contributed by atoms with Crippen molar-refractivity contribution in [1.82, 2.24) is 29.6 Å². The van der Waals surface area contributed by atoms with Crippen molar-refractivity contribution in [2.75, 3.05) is 13.1 Å². The van der Waals surface area contributed by atoms with Crippen molar-refractivity contribution in [3.63, 3.8) is 0 Å². The van der Waals surface area contributed by atoms with E-state index in [0.29, 0.717) is 11.8 Å². The van der Waals surface area contributed by atoms with E-state index in [4.69, 9.17) is 4.98 Å². The average molecular weight is 503 g/mol. The average Bonchev–Trinajstić information content (AvgIpc) is 3.32. The SMILES string of the molecule is C=CN/C=C\c1c(C#Cc2ccncc2)cncc1Cc1cn2cc(CN3CCC(C)(C)CC3)ccc2n1. The van der Waals surface area contributed by atoms with Gasteiger partial charge in [0, 0.05) is 61.9 Å². The van der Waals surface area contributed by atoms with E-state index in [1.807, 2.05) is 36.8 Å². The van der Waals surface area contributed by atoms with Crippen LogP contribution in [0, 0.1) is 17.3 Å². The molecule has 0 aromatic carbocycles. The Morgan fingerprint density at radius 2 is 1.84 bits per heavy atom. The highest BCUT2D eigenvalue weighted by molar-refractivity contribution is 5.63. The van der Waals surface area contributed by atoms with Gasteiger partial charge in [-0.25, -0.2) is 4.98 Å². The van der Waals surface area contributed by atoms with E-state index in [9.17, 15) is 0 Å². The quantitative estimate of drug-likeness (QED) is 0.341. The highest BCUT2D eigenvalue weighted by Gasteiger charge is 2.25. The number of nitrogens with zero attached hydrogens (tertiary/aromatic N) is 5. The number of hydrogen-bond acceptors (Lipinski definition) is 5. The molecule has 0 atom stereocenters. The Labute approximate surface area is 225 Å². The zero-order chi connectivity index (χ0) is 26.4. The maximum Gasteiger partial charge on any atom is 0.137 e. The van der Waals surface area contributed by atoms with Gasteiger partial charge < -0.3 is 9.72 Å². The molecule has 1 fully saturated rings. The molecule has 4 aromatic rings. The predicted molar refractivity (Wildman–Crippen MR) is 153 cm³/mol. The van der Waals surface area contributed by atoms with Crippen LogP contribution in [-0.4, -0.2) is 37.3 Å². The maximum absolute atomic E-state index is 4.90. The molecule has 1 N–H and O–H groups in total. The number of aromatic nitrogens is 4. The van der Waals surface area contributed by atoms with Crippen LogP contribution < -0.4 is 5.32 Å². The Hall–Kier alpha value is -4.21. The van der Waals surface area contributed by atoms with Crippen molar-refractivity contribution in [2.45, 2.75) is 39.7 Å². The minimum absolute atomic E-state index is 0.465. The monoisotopic (exact) mass is 502 g/mol. The number of fused-ring (bicyclic) bond motifs is 1. The lowest BCUT2D eigenvalue weighted by atomic mass is 9.82. The second-order valence-electron chi connectivity index (χ2n) is 10.6. The standard InChI is InChI=1S/C32H34N6/c1-4-33-16-11-30-27(7-5-25-9-14-34-15-10-25)20-35-21-28(30)19-29-24-38-23-26(6-8-31(38)36-29)22-37-17-12-32(2,3)13-18-37/h4,6,8-11,14-16,20-21,23-24,33H,1,12-13,17-19,22H2,2-3H3/b16-11-. The number of rotatable bonds is 7. The second kappa shape index (κ2) is 11.5. The summed E-state index contributed by atoms with van der Waals surface area (Å²) in [6.07, 6.45) is 20.2. The number of hydrogen-bond donors (Lipinski definition) is 1. The van der Waals surface area contributed by atoms with E-state index in [1.165, 1.54) is 18.4 Å². The smallest absolute Gasteiger partial charge is 0.137 e. The van der Waals surface area contributed by atoms with Crippen molar-refractivity contribution in [1.29, 1.82) is 0 Å². The Morgan fingerprint density at radius 3 is 2.63 bits per heavy atom. The molecule has 0 bridgehead atoms. The van der Waals surface area contributed by atoms with E-state index in [-0.39, 0.29) is 0 Å². The fraction of sp³-hybridized carbons (Fsp3) is 0.281. The van der Waals surface area contributed by atoms with Gasteiger partial charge in [-0.2, -0.15) is 0 Å². The maximum atomic E-state index is 4.90. The summed E-state index contributed by atoms with van der Waals surface area (Å²) in [5.74, 6) is 6.51. The number of piperidine rings is 1. The van der Waals surface area contributed by atoms with Crippen molar-refractivity contribution >= 4 is 11.7 Å². The molecule has 0 amide bonds. The number of nitrogens with one attached hydrogen (secondary N) is 1. The van der Waals surface area contributed by atoms with Gasteiger partial charge in [-0.3, -0.25) is 14.9 Å². The lowest BCUT2D eigenvalue weighted by Gasteiger charge is -2.36. The van der Waals surface area contributed by atoms with Crippen LogP contribution in [0.4, 0.5) is 0 Å². The third kappa shape index (κ3) is 6.37. The molecule has 4 aromatic heterocycles. The first kappa shape index (κ1) is 25.4. The Kier molecular flexibility index (Phi) is 7.67. The fourth-order valence-corrected chi connectivity index (χ4v) is 4.76. The van der Waals surface area contributed by atoms with Gasteiger partial charge in [-0.05, 0) is 78.5 Å².